The third-order valence-electron chi connectivity index (χ3n) is 5.20. The zero-order chi connectivity index (χ0) is 19.2. The number of amides is 1. The summed E-state index contributed by atoms with van der Waals surface area (Å²) in [6.45, 7) is 2.47. The molecule has 142 valence electrons. The lowest BCUT2D eigenvalue weighted by atomic mass is 10.0. The Morgan fingerprint density at radius 2 is 1.78 bits per heavy atom. The third kappa shape index (κ3) is 3.41. The van der Waals surface area contributed by atoms with Crippen LogP contribution in [0.5, 0.6) is 0 Å². The minimum absolute atomic E-state index is 0.125. The van der Waals surface area contributed by atoms with E-state index >= 15 is 0 Å². The summed E-state index contributed by atoms with van der Waals surface area (Å²) in [6.07, 6.45) is -2.12. The number of carbonyl (C=O) groups excluding carboxylic acids is 1. The van der Waals surface area contributed by atoms with Crippen LogP contribution in [0.2, 0.25) is 0 Å². The Hall–Kier alpha value is -2.84. The van der Waals surface area contributed by atoms with Gasteiger partial charge in [0.15, 0.2) is 0 Å². The summed E-state index contributed by atoms with van der Waals surface area (Å²) < 4.78 is 38.0. The first-order chi connectivity index (χ1) is 12.8. The van der Waals surface area contributed by atoms with Gasteiger partial charge in [0.1, 0.15) is 5.82 Å². The van der Waals surface area contributed by atoms with Crippen LogP contribution in [0.4, 0.5) is 19.0 Å². The van der Waals surface area contributed by atoms with E-state index in [1.165, 1.54) is 24.4 Å². The van der Waals surface area contributed by atoms with Crippen LogP contribution in [-0.2, 0) is 6.18 Å². The van der Waals surface area contributed by atoms with E-state index < -0.39 is 11.7 Å². The van der Waals surface area contributed by atoms with Gasteiger partial charge < -0.3 is 14.8 Å². The molecule has 2 unspecified atom stereocenters. The van der Waals surface area contributed by atoms with Crippen LogP contribution in [-0.4, -0.2) is 47.0 Å². The number of aromatic amines is 1. The zero-order valence-corrected chi connectivity index (χ0v) is 14.2. The van der Waals surface area contributed by atoms with Crippen LogP contribution in [0.25, 0.3) is 0 Å². The van der Waals surface area contributed by atoms with Crippen molar-refractivity contribution in [1.82, 2.24) is 14.9 Å². The fourth-order valence-electron chi connectivity index (χ4n) is 3.81. The molecule has 2 atom stereocenters. The highest BCUT2D eigenvalue weighted by Crippen LogP contribution is 2.35. The number of fused-ring (bicyclic) bond motifs is 1. The molecule has 9 heteroatoms. The number of alkyl halides is 3. The number of carbonyl (C=O) groups is 1. The minimum atomic E-state index is -4.39. The number of pyridine rings is 2. The summed E-state index contributed by atoms with van der Waals surface area (Å²) in [5.74, 6) is 0.900. The lowest BCUT2D eigenvalue weighted by molar-refractivity contribution is -0.137. The molecule has 4 heterocycles. The summed E-state index contributed by atoms with van der Waals surface area (Å²) >= 11 is 0. The standard InChI is InChI=1S/C18H17F3N4O2/c19-18(20,21)14-2-3-15(22-6-14)24-7-12-9-25(10-13(12)8-24)17(27)11-1-4-16(26)23-5-11/h1-6,12-13H,7-10H2,(H,23,26). The number of H-pyrrole nitrogens is 1. The first-order valence-corrected chi connectivity index (χ1v) is 8.57. The molecular weight excluding hydrogens is 361 g/mol. The molecule has 0 bridgehead atoms. The SMILES string of the molecule is O=C(c1ccc(=O)[nH]c1)N1CC2CN(c3ccc(C(F)(F)F)cn3)CC2C1. The largest absolute Gasteiger partial charge is 0.417 e. The summed E-state index contributed by atoms with van der Waals surface area (Å²) in [4.78, 5) is 33.9. The number of aromatic nitrogens is 2. The van der Waals surface area contributed by atoms with E-state index in [-0.39, 0.29) is 23.3 Å². The van der Waals surface area contributed by atoms with E-state index in [1.54, 1.807) is 4.90 Å². The Bertz CT molecular complexity index is 876. The summed E-state index contributed by atoms with van der Waals surface area (Å²) in [5.41, 5.74) is -0.580. The van der Waals surface area contributed by atoms with Gasteiger partial charge in [0, 0.05) is 56.5 Å². The molecule has 1 amide bonds. The molecule has 0 spiro atoms. The van der Waals surface area contributed by atoms with Crippen molar-refractivity contribution in [2.45, 2.75) is 6.18 Å². The Kier molecular flexibility index (Phi) is 4.16. The van der Waals surface area contributed by atoms with Crippen molar-refractivity contribution in [3.63, 3.8) is 0 Å². The quantitative estimate of drug-likeness (QED) is 0.868. The van der Waals surface area contributed by atoms with Gasteiger partial charge in [0.05, 0.1) is 11.1 Å². The second-order valence-corrected chi connectivity index (χ2v) is 6.98. The zero-order valence-electron chi connectivity index (χ0n) is 14.2. The van der Waals surface area contributed by atoms with Crippen molar-refractivity contribution < 1.29 is 18.0 Å². The first kappa shape index (κ1) is 17.6. The molecule has 2 aliphatic heterocycles. The smallest absolute Gasteiger partial charge is 0.356 e. The maximum atomic E-state index is 12.7. The van der Waals surface area contributed by atoms with Gasteiger partial charge in [-0.3, -0.25) is 9.59 Å². The van der Waals surface area contributed by atoms with Crippen LogP contribution in [0.15, 0.2) is 41.5 Å². The summed E-state index contributed by atoms with van der Waals surface area (Å²) in [6, 6.07) is 5.27. The number of likely N-dealkylation sites (tertiary alicyclic amines) is 1. The summed E-state index contributed by atoms with van der Waals surface area (Å²) in [7, 11) is 0. The molecule has 4 rings (SSSR count). The molecule has 2 aromatic heterocycles. The molecule has 2 saturated heterocycles. The van der Waals surface area contributed by atoms with Crippen molar-refractivity contribution in [2.24, 2.45) is 11.8 Å². The molecule has 0 aliphatic carbocycles. The Morgan fingerprint density at radius 3 is 2.30 bits per heavy atom. The lowest BCUT2D eigenvalue weighted by Gasteiger charge is -2.22. The van der Waals surface area contributed by atoms with Crippen LogP contribution < -0.4 is 10.5 Å². The predicted molar refractivity (Wildman–Crippen MR) is 91.4 cm³/mol. The average Bonchev–Trinajstić information content (AvgIpc) is 3.20. The molecule has 6 nitrogen and oxygen atoms in total. The number of hydrogen-bond donors (Lipinski definition) is 1. The van der Waals surface area contributed by atoms with Gasteiger partial charge in [-0.25, -0.2) is 4.98 Å². The fraction of sp³-hybridized carbons (Fsp3) is 0.389. The van der Waals surface area contributed by atoms with Gasteiger partial charge in [-0.1, -0.05) is 0 Å². The number of hydrogen-bond acceptors (Lipinski definition) is 4. The van der Waals surface area contributed by atoms with Gasteiger partial charge in [-0.15, -0.1) is 0 Å². The second-order valence-electron chi connectivity index (χ2n) is 6.98. The number of rotatable bonds is 2. The predicted octanol–water partition coefficient (Wildman–Crippen LogP) is 2.00. The van der Waals surface area contributed by atoms with E-state index in [0.717, 1.165) is 12.3 Å². The lowest BCUT2D eigenvalue weighted by Crippen LogP contribution is -2.33. The minimum Gasteiger partial charge on any atom is -0.356 e. The molecule has 0 saturated carbocycles. The third-order valence-corrected chi connectivity index (χ3v) is 5.20. The highest BCUT2D eigenvalue weighted by Gasteiger charge is 2.42. The van der Waals surface area contributed by atoms with E-state index in [2.05, 4.69) is 9.97 Å². The highest BCUT2D eigenvalue weighted by molar-refractivity contribution is 5.94. The van der Waals surface area contributed by atoms with Crippen molar-refractivity contribution >= 4 is 11.7 Å². The first-order valence-electron chi connectivity index (χ1n) is 8.57. The van der Waals surface area contributed by atoms with Crippen LogP contribution in [0, 0.1) is 11.8 Å². The Morgan fingerprint density at radius 1 is 1.07 bits per heavy atom. The molecule has 2 aromatic rings. The number of anilines is 1. The molecule has 2 aliphatic rings. The van der Waals surface area contributed by atoms with E-state index in [9.17, 15) is 22.8 Å². The van der Waals surface area contributed by atoms with Crippen molar-refractivity contribution in [2.75, 3.05) is 31.1 Å². The average molecular weight is 378 g/mol. The van der Waals surface area contributed by atoms with Crippen molar-refractivity contribution in [3.05, 3.63) is 58.1 Å². The van der Waals surface area contributed by atoms with Crippen LogP contribution in [0.3, 0.4) is 0 Å². The monoisotopic (exact) mass is 378 g/mol. The maximum Gasteiger partial charge on any atom is 0.417 e. The number of halogens is 3. The van der Waals surface area contributed by atoms with E-state index in [0.29, 0.717) is 37.6 Å². The number of nitrogens with one attached hydrogen (secondary N) is 1. The topological polar surface area (TPSA) is 69.3 Å². The van der Waals surface area contributed by atoms with Gasteiger partial charge in [-0.05, 0) is 18.2 Å². The molecule has 0 radical (unpaired) electrons. The van der Waals surface area contributed by atoms with Gasteiger partial charge >= 0.3 is 6.18 Å². The van der Waals surface area contributed by atoms with Gasteiger partial charge in [0.25, 0.3) is 5.91 Å². The molecule has 1 N–H and O–H groups in total. The Labute approximate surface area is 152 Å². The van der Waals surface area contributed by atoms with Crippen molar-refractivity contribution in [1.29, 1.82) is 0 Å². The Balaban J connectivity index is 1.40. The van der Waals surface area contributed by atoms with Gasteiger partial charge in [0.2, 0.25) is 5.56 Å². The molecule has 27 heavy (non-hydrogen) atoms. The van der Waals surface area contributed by atoms with Crippen molar-refractivity contribution in [3.8, 4) is 0 Å². The highest BCUT2D eigenvalue weighted by atomic mass is 19.4. The molecule has 0 aromatic carbocycles. The van der Waals surface area contributed by atoms with E-state index in [4.69, 9.17) is 0 Å². The molecular formula is C18H17F3N4O2. The van der Waals surface area contributed by atoms with Crippen LogP contribution >= 0.6 is 0 Å². The van der Waals surface area contributed by atoms with Gasteiger partial charge in [-0.2, -0.15) is 13.2 Å². The fourth-order valence-corrected chi connectivity index (χ4v) is 3.81. The normalized spacial score (nSPS) is 22.2. The second kappa shape index (κ2) is 6.40. The maximum absolute atomic E-state index is 12.7. The molecule has 2 fully saturated rings. The summed E-state index contributed by atoms with van der Waals surface area (Å²) in [5, 5.41) is 0. The van der Waals surface area contributed by atoms with Crippen LogP contribution in [0.1, 0.15) is 15.9 Å². The number of nitrogens with zero attached hydrogens (tertiary/aromatic N) is 3. The van der Waals surface area contributed by atoms with E-state index in [1.807, 2.05) is 4.90 Å².